The molecule has 1 heterocycles. The van der Waals surface area contributed by atoms with Crippen LogP contribution in [-0.2, 0) is 25.6 Å². The summed E-state index contributed by atoms with van der Waals surface area (Å²) < 4.78 is 0. The SMILES string of the molecule is CSCCC(NC(=O)C1CCCN1C(=O)C(CCCCN)NC(=O)C(N)Cc1ccc(O)cc1)C(=O)O. The van der Waals surface area contributed by atoms with E-state index >= 15 is 0 Å². The number of carbonyl (C=O) groups excluding carboxylic acids is 3. The average molecular weight is 538 g/mol. The standard InChI is InChI=1S/C25H39N5O6S/c1-37-14-11-20(25(35)36)29-23(33)21-6-4-13-30(21)24(34)19(5-2-3-12-26)28-22(32)18(27)15-16-7-9-17(31)10-8-16/h7-10,18-21,31H,2-6,11-15,26-27H2,1H3,(H,28,32)(H,29,33)(H,35,36). The molecule has 0 aromatic heterocycles. The zero-order valence-corrected chi connectivity index (χ0v) is 22.0. The van der Waals surface area contributed by atoms with Gasteiger partial charge in [0.15, 0.2) is 0 Å². The number of unbranched alkanes of at least 4 members (excludes halogenated alkanes) is 1. The number of nitrogens with one attached hydrogen (secondary N) is 2. The first-order valence-electron chi connectivity index (χ1n) is 12.5. The van der Waals surface area contributed by atoms with Gasteiger partial charge in [0.25, 0.3) is 0 Å². The van der Waals surface area contributed by atoms with Crippen LogP contribution < -0.4 is 22.1 Å². The molecule has 1 aliphatic heterocycles. The van der Waals surface area contributed by atoms with Crippen molar-refractivity contribution in [1.29, 1.82) is 0 Å². The predicted octanol–water partition coefficient (Wildman–Crippen LogP) is 0.189. The smallest absolute Gasteiger partial charge is 0.326 e. The lowest BCUT2D eigenvalue weighted by Crippen LogP contribution is -2.57. The fraction of sp³-hybridized carbons (Fsp3) is 0.600. The van der Waals surface area contributed by atoms with Gasteiger partial charge >= 0.3 is 5.97 Å². The number of benzene rings is 1. The maximum Gasteiger partial charge on any atom is 0.326 e. The Morgan fingerprint density at radius 2 is 1.81 bits per heavy atom. The zero-order chi connectivity index (χ0) is 27.4. The van der Waals surface area contributed by atoms with Gasteiger partial charge in [0.1, 0.15) is 23.9 Å². The number of nitrogens with two attached hydrogens (primary N) is 2. The summed E-state index contributed by atoms with van der Waals surface area (Å²) in [5.41, 5.74) is 12.5. The second kappa shape index (κ2) is 15.4. The van der Waals surface area contributed by atoms with E-state index in [1.165, 1.54) is 28.8 Å². The van der Waals surface area contributed by atoms with Gasteiger partial charge in [-0.2, -0.15) is 11.8 Å². The van der Waals surface area contributed by atoms with Gasteiger partial charge in [0.2, 0.25) is 17.7 Å². The van der Waals surface area contributed by atoms with Gasteiger partial charge in [0, 0.05) is 6.54 Å². The topological polar surface area (TPSA) is 188 Å². The van der Waals surface area contributed by atoms with E-state index in [-0.39, 0.29) is 18.6 Å². The van der Waals surface area contributed by atoms with E-state index in [0.29, 0.717) is 50.9 Å². The van der Waals surface area contributed by atoms with Crippen LogP contribution in [0.2, 0.25) is 0 Å². The molecule has 1 aromatic rings. The number of carbonyl (C=O) groups is 4. The minimum atomic E-state index is -1.12. The number of aliphatic carboxylic acids is 1. The van der Waals surface area contributed by atoms with Crippen LogP contribution >= 0.6 is 11.8 Å². The van der Waals surface area contributed by atoms with Crippen molar-refractivity contribution < 1.29 is 29.4 Å². The van der Waals surface area contributed by atoms with E-state index in [4.69, 9.17) is 11.5 Å². The maximum absolute atomic E-state index is 13.5. The Labute approximate surface area is 221 Å². The molecule has 1 fully saturated rings. The molecule has 1 aliphatic rings. The molecule has 4 unspecified atom stereocenters. The molecule has 2 rings (SSSR count). The van der Waals surface area contributed by atoms with Crippen molar-refractivity contribution in [3.63, 3.8) is 0 Å². The molecule has 0 aliphatic carbocycles. The van der Waals surface area contributed by atoms with Crippen LogP contribution in [0.1, 0.15) is 44.1 Å². The minimum Gasteiger partial charge on any atom is -0.508 e. The van der Waals surface area contributed by atoms with Crippen LogP contribution in [0.15, 0.2) is 24.3 Å². The van der Waals surface area contributed by atoms with Crippen molar-refractivity contribution in [2.24, 2.45) is 11.5 Å². The Kier molecular flexibility index (Phi) is 12.7. The zero-order valence-electron chi connectivity index (χ0n) is 21.2. The molecular formula is C25H39N5O6S. The predicted molar refractivity (Wildman–Crippen MR) is 142 cm³/mol. The summed E-state index contributed by atoms with van der Waals surface area (Å²) in [5.74, 6) is -1.83. The van der Waals surface area contributed by atoms with Crippen molar-refractivity contribution in [3.05, 3.63) is 29.8 Å². The molecule has 0 radical (unpaired) electrons. The first-order chi connectivity index (χ1) is 17.7. The number of aromatic hydroxyl groups is 1. The van der Waals surface area contributed by atoms with Crippen LogP contribution in [0.25, 0.3) is 0 Å². The minimum absolute atomic E-state index is 0.107. The summed E-state index contributed by atoms with van der Waals surface area (Å²) in [4.78, 5) is 52.4. The number of carboxylic acid groups (broad SMARTS) is 1. The van der Waals surface area contributed by atoms with Crippen LogP contribution in [-0.4, -0.2) is 88.1 Å². The van der Waals surface area contributed by atoms with Crippen LogP contribution in [0.5, 0.6) is 5.75 Å². The van der Waals surface area contributed by atoms with Gasteiger partial charge in [-0.05, 0) is 81.2 Å². The summed E-state index contributed by atoms with van der Waals surface area (Å²) in [5, 5.41) is 24.2. The highest BCUT2D eigenvalue weighted by Crippen LogP contribution is 2.21. The third-order valence-electron chi connectivity index (χ3n) is 6.35. The van der Waals surface area contributed by atoms with Gasteiger partial charge in [-0.15, -0.1) is 0 Å². The molecule has 1 aromatic carbocycles. The second-order valence-corrected chi connectivity index (χ2v) is 10.2. The Morgan fingerprint density at radius 3 is 2.43 bits per heavy atom. The Morgan fingerprint density at radius 1 is 1.11 bits per heavy atom. The second-order valence-electron chi connectivity index (χ2n) is 9.19. The van der Waals surface area contributed by atoms with E-state index < -0.39 is 47.9 Å². The van der Waals surface area contributed by atoms with Gasteiger partial charge in [-0.25, -0.2) is 4.79 Å². The number of likely N-dealkylation sites (tertiary alicyclic amines) is 1. The van der Waals surface area contributed by atoms with Crippen molar-refractivity contribution in [1.82, 2.24) is 15.5 Å². The largest absolute Gasteiger partial charge is 0.508 e. The number of thioether (sulfide) groups is 1. The molecule has 8 N–H and O–H groups in total. The molecule has 12 heteroatoms. The Hall–Kier alpha value is -2.83. The normalized spacial score (nSPS) is 17.6. The van der Waals surface area contributed by atoms with Crippen LogP contribution in [0.4, 0.5) is 0 Å². The first kappa shape index (κ1) is 30.4. The number of nitrogens with zero attached hydrogens (tertiary/aromatic N) is 1. The third kappa shape index (κ3) is 9.52. The molecule has 0 saturated carbocycles. The van der Waals surface area contributed by atoms with E-state index in [2.05, 4.69) is 10.6 Å². The molecule has 37 heavy (non-hydrogen) atoms. The van der Waals surface area contributed by atoms with Gasteiger partial charge in [-0.3, -0.25) is 14.4 Å². The van der Waals surface area contributed by atoms with Crippen LogP contribution in [0, 0.1) is 0 Å². The number of hydrogen-bond donors (Lipinski definition) is 6. The van der Waals surface area contributed by atoms with Crippen molar-refractivity contribution in [2.45, 2.75) is 69.1 Å². The number of carboxylic acids is 1. The first-order valence-corrected chi connectivity index (χ1v) is 13.9. The molecule has 206 valence electrons. The number of rotatable bonds is 15. The maximum atomic E-state index is 13.5. The molecule has 4 atom stereocenters. The molecule has 3 amide bonds. The number of hydrogen-bond acceptors (Lipinski definition) is 8. The Bertz CT molecular complexity index is 915. The third-order valence-corrected chi connectivity index (χ3v) is 7.00. The molecule has 1 saturated heterocycles. The Balaban J connectivity index is 2.09. The fourth-order valence-corrected chi connectivity index (χ4v) is 4.74. The van der Waals surface area contributed by atoms with Gasteiger partial charge in [-0.1, -0.05) is 12.1 Å². The number of amides is 3. The van der Waals surface area contributed by atoms with E-state index in [1.807, 2.05) is 6.26 Å². The number of phenolic OH excluding ortho intramolecular Hbond substituents is 1. The summed E-state index contributed by atoms with van der Waals surface area (Å²) >= 11 is 1.48. The van der Waals surface area contributed by atoms with E-state index in [1.54, 1.807) is 12.1 Å². The van der Waals surface area contributed by atoms with E-state index in [9.17, 15) is 29.4 Å². The molecular weight excluding hydrogens is 498 g/mol. The summed E-state index contributed by atoms with van der Waals surface area (Å²) in [6, 6.07) is 2.72. The van der Waals surface area contributed by atoms with Crippen molar-refractivity contribution >= 4 is 35.5 Å². The van der Waals surface area contributed by atoms with Crippen LogP contribution in [0.3, 0.4) is 0 Å². The lowest BCUT2D eigenvalue weighted by Gasteiger charge is -2.30. The highest BCUT2D eigenvalue weighted by Gasteiger charge is 2.39. The highest BCUT2D eigenvalue weighted by molar-refractivity contribution is 7.98. The monoisotopic (exact) mass is 537 g/mol. The van der Waals surface area contributed by atoms with E-state index in [0.717, 1.165) is 5.56 Å². The quantitative estimate of drug-likeness (QED) is 0.170. The molecule has 11 nitrogen and oxygen atoms in total. The van der Waals surface area contributed by atoms with Crippen molar-refractivity contribution in [2.75, 3.05) is 25.1 Å². The molecule has 0 bridgehead atoms. The van der Waals surface area contributed by atoms with Gasteiger partial charge < -0.3 is 37.2 Å². The summed E-state index contributed by atoms with van der Waals surface area (Å²) in [6.45, 7) is 0.777. The lowest BCUT2D eigenvalue weighted by molar-refractivity contribution is -0.145. The summed E-state index contributed by atoms with van der Waals surface area (Å²) in [7, 11) is 0. The van der Waals surface area contributed by atoms with Crippen molar-refractivity contribution in [3.8, 4) is 5.75 Å². The lowest BCUT2D eigenvalue weighted by atomic mass is 10.0. The number of phenols is 1. The highest BCUT2D eigenvalue weighted by atomic mass is 32.2. The van der Waals surface area contributed by atoms with Gasteiger partial charge in [0.05, 0.1) is 6.04 Å². The average Bonchev–Trinajstić information content (AvgIpc) is 3.36. The fourth-order valence-electron chi connectivity index (χ4n) is 4.27. The molecule has 0 spiro atoms. The summed E-state index contributed by atoms with van der Waals surface area (Å²) in [6.07, 6.45) is 4.96.